The van der Waals surface area contributed by atoms with E-state index < -0.39 is 22.8 Å². The molecule has 0 aromatic carbocycles. The summed E-state index contributed by atoms with van der Waals surface area (Å²) in [5.41, 5.74) is 0. The molecule has 1 unspecified atom stereocenters. The molecule has 0 spiro atoms. The number of Topliss-reactive ketones (excluding diaryl/α,β-unsaturated/α-hetero) is 1. The topological polar surface area (TPSA) is 74.3 Å². The Bertz CT molecular complexity index is 153. The molecule has 0 amide bonds. The molecule has 0 N–H and O–H groups in total. The first-order valence-electron chi connectivity index (χ1n) is 2.39. The van der Waals surface area contributed by atoms with Gasteiger partial charge in [-0.2, -0.15) is 0 Å². The van der Waals surface area contributed by atoms with Crippen molar-refractivity contribution >= 4 is 29.5 Å². The lowest BCUT2D eigenvalue weighted by Gasteiger charge is -2.15. The van der Waals surface area contributed by atoms with E-state index in [0.717, 1.165) is 6.92 Å². The molecule has 1 atom stereocenters. The Morgan fingerprint density at radius 3 is 1.80 bits per heavy atom. The van der Waals surface area contributed by atoms with Crippen LogP contribution in [-0.4, -0.2) is 16.9 Å². The number of carboxylic acid groups (broad SMARTS) is 1. The number of hydrogen-bond acceptors (Lipinski definition) is 5. The summed E-state index contributed by atoms with van der Waals surface area (Å²) in [4.78, 5) is 30.5. The Kier molecular flexibility index (Phi) is 2.95. The van der Waals surface area contributed by atoms with Gasteiger partial charge in [0, 0.05) is 5.12 Å². The number of aliphatic carboxylic acids is 1. The fraction of sp³-hybridized carbons (Fsp3) is 0.400. The minimum Gasteiger partial charge on any atom is -0.741 e. The third-order valence-corrected chi connectivity index (χ3v) is 1.11. The Balaban J connectivity index is 4.43. The summed E-state index contributed by atoms with van der Waals surface area (Å²) in [5, 5.41) is 8.86. The molecule has 56 valence electrons. The van der Waals surface area contributed by atoms with Crippen LogP contribution in [0.25, 0.3) is 0 Å². The highest BCUT2D eigenvalue weighted by Gasteiger charge is 2.15. The Morgan fingerprint density at radius 2 is 1.80 bits per heavy atom. The highest BCUT2D eigenvalue weighted by Crippen LogP contribution is 1.96. The smallest absolute Gasteiger partial charge is 0.143 e. The van der Waals surface area contributed by atoms with Gasteiger partial charge in [0.05, 0.1) is 11.9 Å². The zero-order chi connectivity index (χ0) is 8.31. The summed E-state index contributed by atoms with van der Waals surface area (Å²) in [6, 6.07) is 0. The largest absolute Gasteiger partial charge is 0.741 e. The van der Waals surface area contributed by atoms with Gasteiger partial charge in [0.25, 0.3) is 0 Å². The maximum atomic E-state index is 10.3. The van der Waals surface area contributed by atoms with E-state index >= 15 is 0 Å². The molecule has 0 aliphatic carbocycles. The lowest BCUT2D eigenvalue weighted by molar-refractivity contribution is -0.308. The summed E-state index contributed by atoms with van der Waals surface area (Å²) in [6.45, 7) is 0.977. The summed E-state index contributed by atoms with van der Waals surface area (Å²) >= 11 is 3.97. The zero-order valence-corrected chi connectivity index (χ0v) is 5.94. The minimum absolute atomic E-state index is 0.792. The maximum absolute atomic E-state index is 10.3. The van der Waals surface area contributed by atoms with Gasteiger partial charge in [-0.05, 0) is 6.92 Å². The average molecular weight is 160 g/mol. The van der Waals surface area contributed by atoms with Crippen LogP contribution < -0.4 is 5.11 Å². The van der Waals surface area contributed by atoms with Gasteiger partial charge in [0.2, 0.25) is 0 Å². The molecular weight excluding hydrogens is 156 g/mol. The number of carbonyl (C=O) groups excluding carboxylic acids is 3. The maximum Gasteiger partial charge on any atom is 0.143 e. The van der Waals surface area contributed by atoms with Crippen molar-refractivity contribution in [2.45, 2.75) is 6.92 Å². The second kappa shape index (κ2) is 3.26. The molecule has 4 nitrogen and oxygen atoms in total. The Morgan fingerprint density at radius 1 is 1.40 bits per heavy atom. The van der Waals surface area contributed by atoms with Gasteiger partial charge < -0.3 is 27.3 Å². The number of rotatable bonds is 3. The van der Waals surface area contributed by atoms with Crippen molar-refractivity contribution in [2.24, 2.45) is 5.92 Å². The van der Waals surface area contributed by atoms with E-state index in [-0.39, 0.29) is 0 Å². The lowest BCUT2D eigenvalue weighted by atomic mass is 10.1. The molecule has 0 fully saturated rings. The zero-order valence-electron chi connectivity index (χ0n) is 5.12. The van der Waals surface area contributed by atoms with Crippen molar-refractivity contribution in [2.75, 3.05) is 0 Å². The molecule has 5 heteroatoms. The Labute approximate surface area is 62.6 Å². The molecule has 0 rings (SSSR count). The molecular formula is C5H4O4S-2. The fourth-order valence-corrected chi connectivity index (χ4v) is 0.690. The standard InChI is InChI=1S/C5H6O4S/c1-2(6)3(4(7)8)5(9)10/h3H,1H3,(H,7,8)(H,9,10)/p-2. The van der Waals surface area contributed by atoms with Crippen LogP contribution in [0.15, 0.2) is 0 Å². The van der Waals surface area contributed by atoms with E-state index in [2.05, 4.69) is 12.6 Å². The first kappa shape index (κ1) is 9.03. The van der Waals surface area contributed by atoms with Crippen LogP contribution in [0.2, 0.25) is 0 Å². The molecule has 0 bridgehead atoms. The molecule has 0 saturated heterocycles. The van der Waals surface area contributed by atoms with E-state index in [1.54, 1.807) is 0 Å². The molecule has 0 heterocycles. The summed E-state index contributed by atoms with van der Waals surface area (Å²) in [6.07, 6.45) is 0. The van der Waals surface area contributed by atoms with Gasteiger partial charge >= 0.3 is 0 Å². The second-order valence-corrected chi connectivity index (χ2v) is 2.08. The van der Waals surface area contributed by atoms with Crippen molar-refractivity contribution in [3.05, 3.63) is 0 Å². The van der Waals surface area contributed by atoms with Crippen LogP contribution in [-0.2, 0) is 27.0 Å². The molecule has 0 aliphatic rings. The third-order valence-electron chi connectivity index (χ3n) is 0.878. The number of carbonyl (C=O) groups is 3. The van der Waals surface area contributed by atoms with Crippen molar-refractivity contribution in [3.8, 4) is 0 Å². The van der Waals surface area contributed by atoms with E-state index in [4.69, 9.17) is 0 Å². The summed E-state index contributed by atoms with van der Waals surface area (Å²) < 4.78 is 0. The van der Waals surface area contributed by atoms with Crippen LogP contribution in [0.4, 0.5) is 0 Å². The lowest BCUT2D eigenvalue weighted by Crippen LogP contribution is -2.39. The third kappa shape index (κ3) is 2.10. The van der Waals surface area contributed by atoms with Gasteiger partial charge in [-0.1, -0.05) is 0 Å². The van der Waals surface area contributed by atoms with Crippen LogP contribution in [0.1, 0.15) is 6.92 Å². The van der Waals surface area contributed by atoms with Gasteiger partial charge in [-0.15, -0.1) is 0 Å². The van der Waals surface area contributed by atoms with E-state index in [1.807, 2.05) is 0 Å². The number of hydrogen-bond donors (Lipinski definition) is 0. The molecule has 10 heavy (non-hydrogen) atoms. The van der Waals surface area contributed by atoms with Crippen molar-refractivity contribution in [1.29, 1.82) is 0 Å². The summed E-state index contributed by atoms with van der Waals surface area (Å²) in [7, 11) is 0. The normalized spacial score (nSPS) is 12.1. The van der Waals surface area contributed by atoms with E-state index in [9.17, 15) is 19.5 Å². The van der Waals surface area contributed by atoms with Crippen LogP contribution >= 0.6 is 0 Å². The quantitative estimate of drug-likeness (QED) is 0.353. The minimum atomic E-state index is -1.77. The van der Waals surface area contributed by atoms with E-state index in [1.165, 1.54) is 0 Å². The SMILES string of the molecule is CC(=O)C(C(=O)[O-])C(=O)[S-]. The molecule has 0 saturated carbocycles. The molecule has 0 radical (unpaired) electrons. The predicted molar refractivity (Wildman–Crippen MR) is 31.5 cm³/mol. The number of ketones is 1. The summed E-state index contributed by atoms with van der Waals surface area (Å²) in [5.74, 6) is -4.29. The van der Waals surface area contributed by atoms with Gasteiger partial charge in [0.1, 0.15) is 5.78 Å². The molecule has 0 aromatic heterocycles. The Hall–Kier alpha value is -0.970. The first-order chi connectivity index (χ1) is 4.46. The molecule has 0 aromatic rings. The highest BCUT2D eigenvalue weighted by atomic mass is 32.1. The van der Waals surface area contributed by atoms with Gasteiger partial charge in [-0.25, -0.2) is 0 Å². The highest BCUT2D eigenvalue weighted by molar-refractivity contribution is 7.77. The van der Waals surface area contributed by atoms with Gasteiger partial charge in [-0.3, -0.25) is 4.79 Å². The van der Waals surface area contributed by atoms with Crippen LogP contribution in [0, 0.1) is 5.92 Å². The van der Waals surface area contributed by atoms with Crippen LogP contribution in [0.3, 0.4) is 0 Å². The first-order valence-corrected chi connectivity index (χ1v) is 2.79. The van der Waals surface area contributed by atoms with Crippen molar-refractivity contribution in [1.82, 2.24) is 0 Å². The average Bonchev–Trinajstić information content (AvgIpc) is 1.59. The fourth-order valence-electron chi connectivity index (χ4n) is 0.428. The second-order valence-electron chi connectivity index (χ2n) is 1.68. The van der Waals surface area contributed by atoms with E-state index in [0.29, 0.717) is 0 Å². The predicted octanol–water partition coefficient (Wildman–Crippen LogP) is -1.98. The monoisotopic (exact) mass is 160 g/mol. The number of carboxylic acids is 1. The van der Waals surface area contributed by atoms with Crippen molar-refractivity contribution < 1.29 is 19.5 Å². The van der Waals surface area contributed by atoms with Crippen LogP contribution in [0.5, 0.6) is 0 Å². The van der Waals surface area contributed by atoms with Gasteiger partial charge in [0.15, 0.2) is 0 Å². The van der Waals surface area contributed by atoms with Crippen molar-refractivity contribution in [3.63, 3.8) is 0 Å². The molecule has 0 aliphatic heterocycles.